The van der Waals surface area contributed by atoms with Crippen molar-refractivity contribution in [3.05, 3.63) is 59.7 Å². The van der Waals surface area contributed by atoms with Crippen molar-refractivity contribution in [3.63, 3.8) is 0 Å². The Kier molecular flexibility index (Phi) is 7.35. The summed E-state index contributed by atoms with van der Waals surface area (Å²) in [4.78, 5) is 0. The third-order valence-corrected chi connectivity index (χ3v) is 5.00. The fourth-order valence-corrected chi connectivity index (χ4v) is 3.49. The number of rotatable bonds is 9. The van der Waals surface area contributed by atoms with E-state index < -0.39 is 0 Å². The maximum absolute atomic E-state index is 5.85. The van der Waals surface area contributed by atoms with Crippen LogP contribution in [0.2, 0.25) is 0 Å². The highest BCUT2D eigenvalue weighted by molar-refractivity contribution is 5.33. The molecule has 2 N–H and O–H groups in total. The van der Waals surface area contributed by atoms with Crippen LogP contribution in [-0.4, -0.2) is 39.9 Å². The SMILES string of the molecule is COc1ccccc1CCNCCOc1ccc(C2CCNCC2)cc1. The van der Waals surface area contributed by atoms with Gasteiger partial charge in [0.1, 0.15) is 18.1 Å². The first-order valence-corrected chi connectivity index (χ1v) is 9.63. The zero-order valence-electron chi connectivity index (χ0n) is 15.7. The van der Waals surface area contributed by atoms with E-state index in [1.165, 1.54) is 24.0 Å². The Labute approximate surface area is 156 Å². The molecule has 0 amide bonds. The molecule has 0 radical (unpaired) electrons. The average Bonchev–Trinajstić information content (AvgIpc) is 2.72. The largest absolute Gasteiger partial charge is 0.496 e. The maximum atomic E-state index is 5.85. The van der Waals surface area contributed by atoms with E-state index in [-0.39, 0.29) is 0 Å². The second-order valence-electron chi connectivity index (χ2n) is 6.75. The zero-order chi connectivity index (χ0) is 18.0. The van der Waals surface area contributed by atoms with E-state index in [9.17, 15) is 0 Å². The summed E-state index contributed by atoms with van der Waals surface area (Å²) in [5, 5.41) is 6.85. The van der Waals surface area contributed by atoms with E-state index in [0.717, 1.165) is 44.1 Å². The summed E-state index contributed by atoms with van der Waals surface area (Å²) in [7, 11) is 1.72. The Morgan fingerprint density at radius 2 is 1.77 bits per heavy atom. The van der Waals surface area contributed by atoms with Gasteiger partial charge in [-0.1, -0.05) is 30.3 Å². The Hall–Kier alpha value is -2.04. The highest BCUT2D eigenvalue weighted by Gasteiger charge is 2.14. The summed E-state index contributed by atoms with van der Waals surface area (Å²) in [5.41, 5.74) is 2.67. The quantitative estimate of drug-likeness (QED) is 0.678. The Morgan fingerprint density at radius 3 is 2.54 bits per heavy atom. The molecule has 2 aromatic rings. The van der Waals surface area contributed by atoms with Gasteiger partial charge in [-0.3, -0.25) is 0 Å². The first-order valence-electron chi connectivity index (χ1n) is 9.63. The van der Waals surface area contributed by atoms with Gasteiger partial charge < -0.3 is 20.1 Å². The molecule has 0 bridgehead atoms. The van der Waals surface area contributed by atoms with Crippen LogP contribution >= 0.6 is 0 Å². The molecule has 26 heavy (non-hydrogen) atoms. The molecule has 1 aliphatic heterocycles. The molecule has 0 saturated carbocycles. The molecule has 4 heteroatoms. The molecular weight excluding hydrogens is 324 g/mol. The zero-order valence-corrected chi connectivity index (χ0v) is 15.7. The second-order valence-corrected chi connectivity index (χ2v) is 6.75. The number of nitrogens with one attached hydrogen (secondary N) is 2. The number of hydrogen-bond acceptors (Lipinski definition) is 4. The van der Waals surface area contributed by atoms with Gasteiger partial charge in [0.25, 0.3) is 0 Å². The Morgan fingerprint density at radius 1 is 1.00 bits per heavy atom. The lowest BCUT2D eigenvalue weighted by Crippen LogP contribution is -2.26. The van der Waals surface area contributed by atoms with Gasteiger partial charge in [0.05, 0.1) is 7.11 Å². The molecule has 0 atom stereocenters. The summed E-state index contributed by atoms with van der Waals surface area (Å²) >= 11 is 0. The van der Waals surface area contributed by atoms with Crippen molar-refractivity contribution in [1.29, 1.82) is 0 Å². The van der Waals surface area contributed by atoms with Gasteiger partial charge in [0.15, 0.2) is 0 Å². The number of ether oxygens (including phenoxy) is 2. The van der Waals surface area contributed by atoms with Gasteiger partial charge in [-0.2, -0.15) is 0 Å². The Balaban J connectivity index is 1.33. The predicted octanol–water partition coefficient (Wildman–Crippen LogP) is 3.37. The summed E-state index contributed by atoms with van der Waals surface area (Å²) in [6.07, 6.45) is 3.42. The molecule has 1 saturated heterocycles. The molecule has 0 aliphatic carbocycles. The topological polar surface area (TPSA) is 42.5 Å². The van der Waals surface area contributed by atoms with Gasteiger partial charge >= 0.3 is 0 Å². The van der Waals surface area contributed by atoms with Crippen LogP contribution in [0.4, 0.5) is 0 Å². The van der Waals surface area contributed by atoms with Gasteiger partial charge in [0, 0.05) is 6.54 Å². The molecule has 1 aliphatic rings. The van der Waals surface area contributed by atoms with E-state index in [1.54, 1.807) is 7.11 Å². The molecule has 1 heterocycles. The minimum atomic E-state index is 0.679. The number of hydrogen-bond donors (Lipinski definition) is 2. The number of benzene rings is 2. The van der Waals surface area contributed by atoms with Gasteiger partial charge in [0.2, 0.25) is 0 Å². The van der Waals surface area contributed by atoms with Crippen molar-refractivity contribution < 1.29 is 9.47 Å². The van der Waals surface area contributed by atoms with Crippen molar-refractivity contribution in [2.75, 3.05) is 39.9 Å². The van der Waals surface area contributed by atoms with Crippen molar-refractivity contribution >= 4 is 0 Å². The second kappa shape index (κ2) is 10.2. The van der Waals surface area contributed by atoms with E-state index in [2.05, 4.69) is 47.0 Å². The first-order chi connectivity index (χ1) is 12.9. The summed E-state index contributed by atoms with van der Waals surface area (Å²) < 4.78 is 11.2. The Bertz CT molecular complexity index is 651. The average molecular weight is 354 g/mol. The summed E-state index contributed by atoms with van der Waals surface area (Å²) in [6, 6.07) is 16.8. The van der Waals surface area contributed by atoms with E-state index >= 15 is 0 Å². The minimum absolute atomic E-state index is 0.679. The molecule has 4 nitrogen and oxygen atoms in total. The van der Waals surface area contributed by atoms with Gasteiger partial charge in [-0.15, -0.1) is 0 Å². The molecule has 2 aromatic carbocycles. The normalized spacial score (nSPS) is 15.0. The van der Waals surface area contributed by atoms with Crippen LogP contribution in [0.15, 0.2) is 48.5 Å². The molecule has 3 rings (SSSR count). The number of methoxy groups -OCH3 is 1. The summed E-state index contributed by atoms with van der Waals surface area (Å²) in [5.74, 6) is 2.61. The van der Waals surface area contributed by atoms with E-state index in [1.807, 2.05) is 12.1 Å². The fraction of sp³-hybridized carbons (Fsp3) is 0.455. The number of piperidine rings is 1. The van der Waals surface area contributed by atoms with Crippen molar-refractivity contribution in [2.24, 2.45) is 0 Å². The molecule has 0 unspecified atom stereocenters. The van der Waals surface area contributed by atoms with Crippen molar-refractivity contribution in [2.45, 2.75) is 25.2 Å². The minimum Gasteiger partial charge on any atom is -0.496 e. The number of para-hydroxylation sites is 1. The van der Waals surface area contributed by atoms with Gasteiger partial charge in [-0.05, 0) is 74.1 Å². The molecular formula is C22H30N2O2. The van der Waals surface area contributed by atoms with Crippen LogP contribution in [0.1, 0.15) is 29.9 Å². The molecule has 0 spiro atoms. The molecule has 1 fully saturated rings. The van der Waals surface area contributed by atoms with E-state index in [4.69, 9.17) is 9.47 Å². The lowest BCUT2D eigenvalue weighted by atomic mass is 9.90. The van der Waals surface area contributed by atoms with Crippen LogP contribution in [0.5, 0.6) is 11.5 Å². The third-order valence-electron chi connectivity index (χ3n) is 5.00. The van der Waals surface area contributed by atoms with Gasteiger partial charge in [-0.25, -0.2) is 0 Å². The predicted molar refractivity (Wildman–Crippen MR) is 106 cm³/mol. The monoisotopic (exact) mass is 354 g/mol. The van der Waals surface area contributed by atoms with Crippen molar-refractivity contribution in [3.8, 4) is 11.5 Å². The van der Waals surface area contributed by atoms with Crippen LogP contribution in [0.25, 0.3) is 0 Å². The maximum Gasteiger partial charge on any atom is 0.122 e. The lowest BCUT2D eigenvalue weighted by Gasteiger charge is -2.23. The highest BCUT2D eigenvalue weighted by atomic mass is 16.5. The standard InChI is InChI=1S/C22H30N2O2/c1-25-22-5-3-2-4-20(22)12-15-24-16-17-26-21-8-6-18(7-9-21)19-10-13-23-14-11-19/h2-9,19,23-24H,10-17H2,1H3. The smallest absolute Gasteiger partial charge is 0.122 e. The van der Waals surface area contributed by atoms with Crippen LogP contribution in [-0.2, 0) is 6.42 Å². The summed E-state index contributed by atoms with van der Waals surface area (Å²) in [6.45, 7) is 4.69. The lowest BCUT2D eigenvalue weighted by molar-refractivity contribution is 0.314. The highest BCUT2D eigenvalue weighted by Crippen LogP contribution is 2.26. The fourth-order valence-electron chi connectivity index (χ4n) is 3.49. The molecule has 140 valence electrons. The van der Waals surface area contributed by atoms with Crippen LogP contribution < -0.4 is 20.1 Å². The molecule has 0 aromatic heterocycles. The van der Waals surface area contributed by atoms with Crippen molar-refractivity contribution in [1.82, 2.24) is 10.6 Å². The first kappa shape index (κ1) is 18.7. The van der Waals surface area contributed by atoms with Crippen LogP contribution in [0.3, 0.4) is 0 Å². The van der Waals surface area contributed by atoms with E-state index in [0.29, 0.717) is 12.5 Å². The third kappa shape index (κ3) is 5.48. The van der Waals surface area contributed by atoms with Crippen LogP contribution in [0, 0.1) is 0 Å².